The van der Waals surface area contributed by atoms with Crippen LogP contribution in [-0.4, -0.2) is 63.2 Å². The highest BCUT2D eigenvalue weighted by Gasteiger charge is 2.26. The summed E-state index contributed by atoms with van der Waals surface area (Å²) >= 11 is 1.55. The molecule has 2 fully saturated rings. The van der Waals surface area contributed by atoms with E-state index in [9.17, 15) is 9.90 Å². The van der Waals surface area contributed by atoms with E-state index >= 15 is 0 Å². The van der Waals surface area contributed by atoms with E-state index in [1.807, 2.05) is 36.4 Å². The van der Waals surface area contributed by atoms with Crippen LogP contribution in [0.1, 0.15) is 37.4 Å². The lowest BCUT2D eigenvalue weighted by molar-refractivity contribution is -0.125. The summed E-state index contributed by atoms with van der Waals surface area (Å²) in [6, 6.07) is 11.6. The number of carbonyl (C=O) groups excluding carboxylic acids is 1. The van der Waals surface area contributed by atoms with E-state index in [1.165, 1.54) is 0 Å². The van der Waals surface area contributed by atoms with Crippen molar-refractivity contribution in [1.29, 1.82) is 0 Å². The number of anilines is 1. The van der Waals surface area contributed by atoms with Gasteiger partial charge in [0.25, 0.3) is 0 Å². The molecule has 2 aliphatic rings. The molecule has 1 saturated heterocycles. The summed E-state index contributed by atoms with van der Waals surface area (Å²) in [4.78, 5) is 26.7. The topological polar surface area (TPSA) is 110 Å². The fraction of sp³-hybridized carbons (Fsp3) is 0.357. The maximum Gasteiger partial charge on any atom is 0.209 e. The number of ether oxygens (including phenoxy) is 2. The number of carbonyl (C=O) groups is 1. The van der Waals surface area contributed by atoms with Gasteiger partial charge in [-0.2, -0.15) is 0 Å². The Kier molecular flexibility index (Phi) is 7.17. The van der Waals surface area contributed by atoms with Crippen molar-refractivity contribution in [3.63, 3.8) is 0 Å². The Hall–Kier alpha value is -3.60. The van der Waals surface area contributed by atoms with Gasteiger partial charge in [-0.05, 0) is 37.1 Å². The van der Waals surface area contributed by atoms with Gasteiger partial charge >= 0.3 is 0 Å². The second kappa shape index (κ2) is 11.0. The third-order valence-corrected chi connectivity index (χ3v) is 8.02. The highest BCUT2D eigenvalue weighted by molar-refractivity contribution is 7.22. The molecule has 38 heavy (non-hydrogen) atoms. The summed E-state index contributed by atoms with van der Waals surface area (Å²) in [6.45, 7) is 1.45. The number of nitrogens with zero attached hydrogens (tertiary/aromatic N) is 4. The number of pyridine rings is 2. The van der Waals surface area contributed by atoms with Crippen molar-refractivity contribution < 1.29 is 19.4 Å². The van der Waals surface area contributed by atoms with Gasteiger partial charge in [-0.1, -0.05) is 24.2 Å². The van der Waals surface area contributed by atoms with Crippen LogP contribution in [0.15, 0.2) is 55.0 Å². The zero-order valence-corrected chi connectivity index (χ0v) is 21.6. The van der Waals surface area contributed by atoms with Crippen LogP contribution >= 0.6 is 11.3 Å². The molecular weight excluding hydrogens is 502 g/mol. The molecule has 4 aromatic rings. The number of benzene rings is 1. The molecule has 0 spiro atoms. The molecule has 1 aromatic carbocycles. The van der Waals surface area contributed by atoms with Crippen LogP contribution in [0.2, 0.25) is 0 Å². The summed E-state index contributed by atoms with van der Waals surface area (Å²) in [7, 11) is 0. The monoisotopic (exact) mass is 531 g/mol. The first kappa shape index (κ1) is 24.7. The Bertz CT molecular complexity index is 1420. The van der Waals surface area contributed by atoms with E-state index in [4.69, 9.17) is 14.5 Å². The minimum atomic E-state index is -0.343. The Morgan fingerprint density at radius 3 is 2.95 bits per heavy atom. The quantitative estimate of drug-likeness (QED) is 0.328. The van der Waals surface area contributed by atoms with Crippen LogP contribution in [0.3, 0.4) is 0 Å². The molecule has 6 rings (SSSR count). The van der Waals surface area contributed by atoms with Crippen molar-refractivity contribution in [1.82, 2.24) is 19.9 Å². The molecule has 3 atom stereocenters. The van der Waals surface area contributed by atoms with Crippen molar-refractivity contribution in [2.75, 3.05) is 25.0 Å². The fourth-order valence-electron chi connectivity index (χ4n) is 5.00. The second-order valence-corrected chi connectivity index (χ2v) is 10.7. The van der Waals surface area contributed by atoms with Gasteiger partial charge in [0.1, 0.15) is 17.6 Å². The third kappa shape index (κ3) is 5.33. The van der Waals surface area contributed by atoms with Gasteiger partial charge in [0.15, 0.2) is 5.13 Å². The number of thiazole rings is 1. The Morgan fingerprint density at radius 1 is 1.18 bits per heavy atom. The normalized spacial score (nSPS) is 21.8. The van der Waals surface area contributed by atoms with Crippen molar-refractivity contribution in [2.45, 2.75) is 43.9 Å². The standard InChI is InChI=1S/C28H29N5O4S/c34-17-33-10-11-36-26(16-33)20-15-30-23(18-4-3-9-29-14-18)13-25(20)37-19-7-8-22-27(12-19)38-28(32-22)31-21-5-1-2-6-24(21)35/h3-4,7-9,12-15,17,21,24,26,35H,1-2,5-6,10-11,16H2,(H,31,32)/t21-,24-,26?/m1/s1. The largest absolute Gasteiger partial charge is 0.457 e. The number of morpholine rings is 1. The summed E-state index contributed by atoms with van der Waals surface area (Å²) in [5.74, 6) is 1.28. The Balaban J connectivity index is 1.29. The zero-order chi connectivity index (χ0) is 25.9. The Labute approximate surface area is 224 Å². The van der Waals surface area contributed by atoms with Crippen LogP contribution < -0.4 is 10.1 Å². The van der Waals surface area contributed by atoms with Gasteiger partial charge in [-0.15, -0.1) is 0 Å². The average molecular weight is 532 g/mol. The van der Waals surface area contributed by atoms with Crippen LogP contribution in [0.5, 0.6) is 11.5 Å². The van der Waals surface area contributed by atoms with E-state index in [-0.39, 0.29) is 18.2 Å². The molecule has 0 bridgehead atoms. The lowest BCUT2D eigenvalue weighted by atomic mass is 9.93. The number of hydrogen-bond donors (Lipinski definition) is 2. The lowest BCUT2D eigenvalue weighted by Crippen LogP contribution is -2.37. The first-order valence-corrected chi connectivity index (χ1v) is 13.7. The van der Waals surface area contributed by atoms with Gasteiger partial charge in [-0.25, -0.2) is 4.98 Å². The number of fused-ring (bicyclic) bond motifs is 1. The smallest absolute Gasteiger partial charge is 0.209 e. The first-order valence-electron chi connectivity index (χ1n) is 12.9. The number of aromatic nitrogens is 3. The molecule has 196 valence electrons. The molecule has 1 saturated carbocycles. The minimum Gasteiger partial charge on any atom is -0.457 e. The van der Waals surface area contributed by atoms with Gasteiger partial charge in [0, 0.05) is 48.4 Å². The molecule has 1 aliphatic carbocycles. The molecule has 3 aromatic heterocycles. The molecule has 2 N–H and O–H groups in total. The first-order chi connectivity index (χ1) is 18.7. The average Bonchev–Trinajstić information content (AvgIpc) is 3.36. The fourth-order valence-corrected chi connectivity index (χ4v) is 5.95. The van der Waals surface area contributed by atoms with Gasteiger partial charge < -0.3 is 24.8 Å². The van der Waals surface area contributed by atoms with E-state index in [0.717, 1.165) is 64.3 Å². The van der Waals surface area contributed by atoms with E-state index < -0.39 is 0 Å². The van der Waals surface area contributed by atoms with E-state index in [2.05, 4.69) is 15.3 Å². The SMILES string of the molecule is O=CN1CCOC(c2cnc(-c3cccnc3)cc2Oc2ccc3nc(N[C@@H]4CCCC[C@H]4O)sc3c2)C1. The number of aliphatic hydroxyl groups is 1. The van der Waals surface area contributed by atoms with Gasteiger partial charge in [-0.3, -0.25) is 14.8 Å². The third-order valence-electron chi connectivity index (χ3n) is 7.07. The number of rotatable bonds is 7. The maximum absolute atomic E-state index is 11.4. The van der Waals surface area contributed by atoms with Crippen LogP contribution in [0.4, 0.5) is 5.13 Å². The highest BCUT2D eigenvalue weighted by Crippen LogP contribution is 2.37. The number of amides is 1. The van der Waals surface area contributed by atoms with Crippen molar-refractivity contribution in [2.24, 2.45) is 0 Å². The van der Waals surface area contributed by atoms with Crippen molar-refractivity contribution >= 4 is 33.1 Å². The Morgan fingerprint density at radius 2 is 2.11 bits per heavy atom. The minimum absolute atomic E-state index is 0.0340. The number of hydrogen-bond acceptors (Lipinski definition) is 9. The predicted molar refractivity (Wildman–Crippen MR) is 145 cm³/mol. The molecule has 1 unspecified atom stereocenters. The lowest BCUT2D eigenvalue weighted by Gasteiger charge is -2.31. The second-order valence-electron chi connectivity index (χ2n) is 9.66. The van der Waals surface area contributed by atoms with Crippen molar-refractivity contribution in [3.8, 4) is 22.8 Å². The van der Waals surface area contributed by atoms with Crippen LogP contribution in [0.25, 0.3) is 21.5 Å². The molecular formula is C28H29N5O4S. The van der Waals surface area contributed by atoms with Gasteiger partial charge in [0.05, 0.1) is 41.2 Å². The van der Waals surface area contributed by atoms with Crippen molar-refractivity contribution in [3.05, 3.63) is 60.6 Å². The summed E-state index contributed by atoms with van der Waals surface area (Å²) in [5.41, 5.74) is 3.26. The van der Waals surface area contributed by atoms with Gasteiger partial charge in [0.2, 0.25) is 6.41 Å². The molecule has 1 aliphatic heterocycles. The van der Waals surface area contributed by atoms with Crippen LogP contribution in [-0.2, 0) is 9.53 Å². The molecule has 9 nitrogen and oxygen atoms in total. The zero-order valence-electron chi connectivity index (χ0n) is 20.8. The summed E-state index contributed by atoms with van der Waals surface area (Å²) in [6.07, 6.45) is 9.36. The number of aliphatic hydroxyl groups excluding tert-OH is 1. The molecule has 10 heteroatoms. The van der Waals surface area contributed by atoms with E-state index in [0.29, 0.717) is 31.2 Å². The summed E-state index contributed by atoms with van der Waals surface area (Å²) in [5, 5.41) is 14.6. The van der Waals surface area contributed by atoms with E-state index in [1.54, 1.807) is 34.8 Å². The van der Waals surface area contributed by atoms with Crippen LogP contribution in [0, 0.1) is 0 Å². The predicted octanol–water partition coefficient (Wildman–Crippen LogP) is 4.79. The summed E-state index contributed by atoms with van der Waals surface area (Å²) < 4.78 is 13.4. The molecule has 0 radical (unpaired) electrons. The molecule has 1 amide bonds. The maximum atomic E-state index is 11.4. The highest BCUT2D eigenvalue weighted by atomic mass is 32.1. The molecule has 4 heterocycles. The number of nitrogens with one attached hydrogen (secondary N) is 1.